The topological polar surface area (TPSA) is 157 Å². The summed E-state index contributed by atoms with van der Waals surface area (Å²) in [4.78, 5) is 78.6. The summed E-state index contributed by atoms with van der Waals surface area (Å²) in [6.45, 7) is 0. The van der Waals surface area contributed by atoms with Crippen molar-refractivity contribution in [2.75, 3.05) is 21.3 Å². The average Bonchev–Trinajstić information content (AvgIpc) is 3.34. The first-order chi connectivity index (χ1) is 18.6. The summed E-state index contributed by atoms with van der Waals surface area (Å²) >= 11 is 0. The van der Waals surface area contributed by atoms with Crippen LogP contribution in [-0.2, 0) is 28.7 Å². The second-order valence-electron chi connectivity index (χ2n) is 9.83. The van der Waals surface area contributed by atoms with Gasteiger partial charge >= 0.3 is 12.2 Å². The number of ether oxygens (including phenoxy) is 3. The zero-order chi connectivity index (χ0) is 28.2. The van der Waals surface area contributed by atoms with Crippen molar-refractivity contribution in [2.24, 2.45) is 35.5 Å². The summed E-state index contributed by atoms with van der Waals surface area (Å²) in [5.74, 6) is -7.58. The predicted molar refractivity (Wildman–Crippen MR) is 130 cm³/mol. The van der Waals surface area contributed by atoms with E-state index in [1.165, 1.54) is 13.2 Å². The third-order valence-corrected chi connectivity index (χ3v) is 8.12. The fourth-order valence-corrected chi connectivity index (χ4v) is 6.40. The first-order valence-corrected chi connectivity index (χ1v) is 12.3. The molecule has 0 radical (unpaired) electrons. The Morgan fingerprint density at radius 3 is 2.10 bits per heavy atom. The highest BCUT2D eigenvalue weighted by Crippen LogP contribution is 2.55. The average molecular weight is 539 g/mol. The Kier molecular flexibility index (Phi) is 6.49. The molecule has 2 aliphatic carbocycles. The van der Waals surface area contributed by atoms with Crippen molar-refractivity contribution in [3.63, 3.8) is 0 Å². The van der Waals surface area contributed by atoms with Gasteiger partial charge in [0.1, 0.15) is 0 Å². The summed E-state index contributed by atoms with van der Waals surface area (Å²) < 4.78 is 14.5. The van der Waals surface area contributed by atoms with Gasteiger partial charge in [-0.2, -0.15) is 9.80 Å². The first kappa shape index (κ1) is 26.1. The van der Waals surface area contributed by atoms with E-state index in [4.69, 9.17) is 4.74 Å². The van der Waals surface area contributed by atoms with E-state index in [-0.39, 0.29) is 24.3 Å². The molecule has 1 saturated carbocycles. The van der Waals surface area contributed by atoms with Crippen LogP contribution in [0, 0.1) is 35.5 Å². The molecule has 4 aliphatic rings. The van der Waals surface area contributed by atoms with Crippen LogP contribution >= 0.6 is 0 Å². The number of imide groups is 6. The number of nitrogens with zero attached hydrogens (tertiary/aromatic N) is 2. The Morgan fingerprint density at radius 2 is 1.49 bits per heavy atom. The molecule has 12 heteroatoms. The smallest absolute Gasteiger partial charge is 0.423 e. The maximum absolute atomic E-state index is 13.4. The predicted octanol–water partition coefficient (Wildman–Crippen LogP) is 2.12. The zero-order valence-electron chi connectivity index (χ0n) is 21.4. The summed E-state index contributed by atoms with van der Waals surface area (Å²) in [5, 5.41) is 9.92. The van der Waals surface area contributed by atoms with Gasteiger partial charge in [-0.1, -0.05) is 29.9 Å². The molecule has 204 valence electrons. The van der Waals surface area contributed by atoms with Crippen LogP contribution in [0.25, 0.3) is 6.08 Å². The standard InChI is InChI=1S/C27H26N2O10/c1-37-19-10-12(5-9-18(19)30)4-6-14-13-7-8-15-21(25(34)28(22(15)31)26(35)38-2)16(13)11-17-20(14)24(33)29(23(17)32)27(36)39-3/h4-7,9-10,14-17,20-21,30H,8,11H2,1-3H3. The monoisotopic (exact) mass is 538 g/mol. The molecule has 12 nitrogen and oxygen atoms in total. The summed E-state index contributed by atoms with van der Waals surface area (Å²) in [6.07, 6.45) is 3.24. The maximum atomic E-state index is 13.4. The normalized spacial score (nSPS) is 29.7. The maximum Gasteiger partial charge on any atom is 0.423 e. The number of methoxy groups -OCH3 is 3. The van der Waals surface area contributed by atoms with Crippen LogP contribution in [0.15, 0.2) is 35.9 Å². The van der Waals surface area contributed by atoms with Gasteiger partial charge in [-0.3, -0.25) is 19.2 Å². The van der Waals surface area contributed by atoms with Crippen molar-refractivity contribution in [3.8, 4) is 11.5 Å². The van der Waals surface area contributed by atoms with E-state index in [0.29, 0.717) is 20.9 Å². The molecule has 0 bridgehead atoms. The number of fused-ring (bicyclic) bond motifs is 4. The fourth-order valence-electron chi connectivity index (χ4n) is 6.40. The number of aromatic hydroxyl groups is 1. The van der Waals surface area contributed by atoms with Gasteiger partial charge in [0.25, 0.3) is 0 Å². The van der Waals surface area contributed by atoms with Crippen LogP contribution in [0.4, 0.5) is 9.59 Å². The number of carbonyl (C=O) groups excluding carboxylic acids is 6. The second-order valence-corrected chi connectivity index (χ2v) is 9.83. The number of amides is 6. The van der Waals surface area contributed by atoms with Crippen LogP contribution in [-0.4, -0.2) is 72.1 Å². The van der Waals surface area contributed by atoms with Gasteiger partial charge in [-0.15, -0.1) is 0 Å². The lowest BCUT2D eigenvalue weighted by molar-refractivity contribution is -0.139. The van der Waals surface area contributed by atoms with Gasteiger partial charge < -0.3 is 19.3 Å². The minimum atomic E-state index is -1.09. The van der Waals surface area contributed by atoms with E-state index >= 15 is 0 Å². The van der Waals surface area contributed by atoms with Gasteiger partial charge in [-0.05, 0) is 36.5 Å². The number of phenolic OH excluding ortho intramolecular Hbond substituents is 1. The quantitative estimate of drug-likeness (QED) is 0.446. The molecule has 6 unspecified atom stereocenters. The van der Waals surface area contributed by atoms with Crippen molar-refractivity contribution in [2.45, 2.75) is 12.8 Å². The van der Waals surface area contributed by atoms with Crippen molar-refractivity contribution in [1.82, 2.24) is 9.80 Å². The van der Waals surface area contributed by atoms with Crippen LogP contribution < -0.4 is 4.74 Å². The lowest BCUT2D eigenvalue weighted by Crippen LogP contribution is -2.43. The number of carbonyl (C=O) groups is 6. The molecule has 3 fully saturated rings. The number of hydrogen-bond donors (Lipinski definition) is 1. The minimum Gasteiger partial charge on any atom is -0.504 e. The highest BCUT2D eigenvalue weighted by Gasteiger charge is 2.63. The van der Waals surface area contributed by atoms with E-state index in [1.54, 1.807) is 30.4 Å². The number of hydrogen-bond acceptors (Lipinski definition) is 10. The van der Waals surface area contributed by atoms with Crippen molar-refractivity contribution in [3.05, 3.63) is 41.5 Å². The van der Waals surface area contributed by atoms with Crippen molar-refractivity contribution >= 4 is 41.9 Å². The number of likely N-dealkylation sites (tertiary alicyclic amines) is 2. The molecule has 0 spiro atoms. The summed E-state index contributed by atoms with van der Waals surface area (Å²) in [6, 6.07) is 4.67. The number of phenols is 1. The van der Waals surface area contributed by atoms with E-state index in [0.717, 1.165) is 14.2 Å². The number of allylic oxidation sites excluding steroid dienone is 3. The van der Waals surface area contributed by atoms with E-state index in [2.05, 4.69) is 9.47 Å². The molecule has 6 amide bonds. The van der Waals surface area contributed by atoms with Crippen LogP contribution in [0.1, 0.15) is 18.4 Å². The fraction of sp³-hybridized carbons (Fsp3) is 0.407. The Hall–Kier alpha value is -4.48. The molecule has 1 aromatic rings. The number of rotatable bonds is 3. The Labute approximate surface area is 222 Å². The second kappa shape index (κ2) is 9.68. The molecule has 6 atom stereocenters. The van der Waals surface area contributed by atoms with E-state index in [9.17, 15) is 33.9 Å². The first-order valence-electron chi connectivity index (χ1n) is 12.3. The highest BCUT2D eigenvalue weighted by molar-refractivity contribution is 6.17. The Bertz CT molecular complexity index is 1360. The zero-order valence-corrected chi connectivity index (χ0v) is 21.4. The SMILES string of the molecule is COC(=O)N1C(=O)C2CC3C(=CCC4C(=O)N(C(=O)OC)C(=O)C43)C(C=Cc3ccc(O)c(OC)c3)C2C1=O. The molecule has 1 aromatic carbocycles. The van der Waals surface area contributed by atoms with Gasteiger partial charge in [0.2, 0.25) is 23.6 Å². The Morgan fingerprint density at radius 1 is 0.872 bits per heavy atom. The van der Waals surface area contributed by atoms with Gasteiger partial charge in [-0.25, -0.2) is 9.59 Å². The molecule has 0 aromatic heterocycles. The van der Waals surface area contributed by atoms with Crippen LogP contribution in [0.2, 0.25) is 0 Å². The van der Waals surface area contributed by atoms with E-state index in [1.807, 2.05) is 0 Å². The van der Waals surface area contributed by atoms with Crippen LogP contribution in [0.5, 0.6) is 11.5 Å². The van der Waals surface area contributed by atoms with Crippen molar-refractivity contribution < 1.29 is 48.1 Å². The molecule has 5 rings (SSSR count). The van der Waals surface area contributed by atoms with Gasteiger partial charge in [0, 0.05) is 5.92 Å². The Balaban J connectivity index is 1.58. The highest BCUT2D eigenvalue weighted by atomic mass is 16.5. The summed E-state index contributed by atoms with van der Waals surface area (Å²) in [7, 11) is 3.55. The van der Waals surface area contributed by atoms with E-state index < -0.39 is 71.3 Å². The molecule has 1 N–H and O–H groups in total. The van der Waals surface area contributed by atoms with Crippen LogP contribution in [0.3, 0.4) is 0 Å². The lowest BCUT2D eigenvalue weighted by Gasteiger charge is -2.42. The molecule has 2 saturated heterocycles. The molecular formula is C27H26N2O10. The molecule has 2 aliphatic heterocycles. The largest absolute Gasteiger partial charge is 0.504 e. The van der Waals surface area contributed by atoms with Gasteiger partial charge in [0.15, 0.2) is 11.5 Å². The third kappa shape index (κ3) is 3.89. The third-order valence-electron chi connectivity index (χ3n) is 8.12. The molecule has 2 heterocycles. The minimum absolute atomic E-state index is 0.0428. The number of benzene rings is 1. The molecule has 39 heavy (non-hydrogen) atoms. The molecular weight excluding hydrogens is 512 g/mol. The lowest BCUT2D eigenvalue weighted by atomic mass is 9.58. The summed E-state index contributed by atoms with van der Waals surface area (Å²) in [5.41, 5.74) is 1.31. The van der Waals surface area contributed by atoms with Gasteiger partial charge in [0.05, 0.1) is 45.0 Å². The van der Waals surface area contributed by atoms with Crippen molar-refractivity contribution in [1.29, 1.82) is 0 Å².